The third-order valence-corrected chi connectivity index (χ3v) is 5.67. The molecule has 35 heavy (non-hydrogen) atoms. The third kappa shape index (κ3) is 7.01. The van der Waals surface area contributed by atoms with Crippen LogP contribution in [0.25, 0.3) is 11.3 Å². The Balaban J connectivity index is 1.35. The number of anilines is 1. The summed E-state index contributed by atoms with van der Waals surface area (Å²) in [6.45, 7) is 0.366. The van der Waals surface area contributed by atoms with Crippen molar-refractivity contribution >= 4 is 5.69 Å². The molecule has 0 amide bonds. The van der Waals surface area contributed by atoms with Crippen LogP contribution >= 0.6 is 0 Å². The van der Waals surface area contributed by atoms with E-state index in [4.69, 9.17) is 15.2 Å². The maximum absolute atomic E-state index is 14.5. The summed E-state index contributed by atoms with van der Waals surface area (Å²) in [4.78, 5) is 13.8. The highest BCUT2D eigenvalue weighted by atomic mass is 19.4. The molecule has 7 nitrogen and oxygen atoms in total. The summed E-state index contributed by atoms with van der Waals surface area (Å²) in [5.41, 5.74) is 7.58. The zero-order valence-electron chi connectivity index (χ0n) is 18.8. The lowest BCUT2D eigenvalue weighted by Crippen LogP contribution is -2.41. The highest BCUT2D eigenvalue weighted by Gasteiger charge is 2.32. The number of pyridine rings is 3. The summed E-state index contributed by atoms with van der Waals surface area (Å²) in [5, 5.41) is 0. The lowest BCUT2D eigenvalue weighted by Gasteiger charge is -2.32. The highest BCUT2D eigenvalue weighted by Crippen LogP contribution is 2.29. The summed E-state index contributed by atoms with van der Waals surface area (Å²) >= 11 is 0. The number of nitrogens with zero attached hydrogens (tertiary/aromatic N) is 4. The summed E-state index contributed by atoms with van der Waals surface area (Å²) in [7, 11) is 0. The minimum Gasteiger partial charge on any atom is -0.477 e. The van der Waals surface area contributed by atoms with Crippen molar-refractivity contribution in [1.82, 2.24) is 19.9 Å². The Morgan fingerprint density at radius 1 is 1.06 bits per heavy atom. The number of alkyl halides is 3. The van der Waals surface area contributed by atoms with E-state index in [0.29, 0.717) is 38.1 Å². The Morgan fingerprint density at radius 2 is 1.80 bits per heavy atom. The second-order valence-electron chi connectivity index (χ2n) is 8.39. The molecule has 0 unspecified atom stereocenters. The molecular formula is C24H25F4N5O2. The summed E-state index contributed by atoms with van der Waals surface area (Å²) in [6, 6.07) is 7.80. The summed E-state index contributed by atoms with van der Waals surface area (Å²) < 4.78 is 63.5. The van der Waals surface area contributed by atoms with Gasteiger partial charge in [0, 0.05) is 30.2 Å². The molecule has 11 heteroatoms. The Labute approximate surface area is 199 Å². The van der Waals surface area contributed by atoms with Gasteiger partial charge >= 0.3 is 6.18 Å². The first kappa shape index (κ1) is 24.6. The van der Waals surface area contributed by atoms with Crippen LogP contribution in [0.3, 0.4) is 0 Å². The molecule has 0 spiro atoms. The number of nitrogen functional groups attached to an aromatic ring is 1. The minimum absolute atomic E-state index is 0.0300. The fourth-order valence-electron chi connectivity index (χ4n) is 3.83. The van der Waals surface area contributed by atoms with Gasteiger partial charge < -0.3 is 15.2 Å². The smallest absolute Gasteiger partial charge is 0.401 e. The number of nitrogens with two attached hydrogens (primary N) is 1. The number of piperidine rings is 1. The van der Waals surface area contributed by atoms with Gasteiger partial charge in [-0.15, -0.1) is 0 Å². The number of likely N-dealkylation sites (tertiary alicyclic amines) is 1. The minimum atomic E-state index is -4.19. The van der Waals surface area contributed by atoms with Gasteiger partial charge in [0.25, 0.3) is 0 Å². The average Bonchev–Trinajstić information content (AvgIpc) is 2.83. The van der Waals surface area contributed by atoms with E-state index in [0.717, 1.165) is 5.56 Å². The molecule has 186 valence electrons. The second-order valence-corrected chi connectivity index (χ2v) is 8.39. The fraction of sp³-hybridized carbons (Fsp3) is 0.375. The van der Waals surface area contributed by atoms with Gasteiger partial charge in [0.05, 0.1) is 18.8 Å². The average molecular weight is 491 g/mol. The number of halogens is 4. The van der Waals surface area contributed by atoms with Gasteiger partial charge in [0.2, 0.25) is 11.8 Å². The molecule has 4 heterocycles. The van der Waals surface area contributed by atoms with Crippen LogP contribution < -0.4 is 15.2 Å². The largest absolute Gasteiger partial charge is 0.477 e. The Morgan fingerprint density at radius 3 is 2.49 bits per heavy atom. The van der Waals surface area contributed by atoms with Gasteiger partial charge in [-0.05, 0) is 61.7 Å². The van der Waals surface area contributed by atoms with Crippen LogP contribution in [0.15, 0.2) is 48.9 Å². The summed E-state index contributed by atoms with van der Waals surface area (Å²) in [6.07, 6.45) is 1.71. The van der Waals surface area contributed by atoms with Gasteiger partial charge in [-0.1, -0.05) is 0 Å². The van der Waals surface area contributed by atoms with Crippen LogP contribution in [0.2, 0.25) is 0 Å². The molecule has 1 saturated heterocycles. The number of aromatic nitrogens is 3. The van der Waals surface area contributed by atoms with E-state index in [9.17, 15) is 17.6 Å². The topological polar surface area (TPSA) is 86.4 Å². The molecule has 0 saturated carbocycles. The number of rotatable bonds is 8. The van der Waals surface area contributed by atoms with Gasteiger partial charge in [-0.25, -0.2) is 14.4 Å². The Kier molecular flexibility index (Phi) is 7.64. The molecule has 3 aromatic heterocycles. The lowest BCUT2D eigenvalue weighted by atomic mass is 9.98. The molecular weight excluding hydrogens is 466 g/mol. The SMILES string of the molecule is Nc1cc(-c2nc(OCC3CCN(CC(F)(F)F)CC3)ccc2F)cnc1OCc1ccncc1. The van der Waals surface area contributed by atoms with E-state index in [1.165, 1.54) is 29.3 Å². The van der Waals surface area contributed by atoms with E-state index in [2.05, 4.69) is 15.0 Å². The molecule has 0 radical (unpaired) electrons. The van der Waals surface area contributed by atoms with Crippen molar-refractivity contribution in [3.8, 4) is 23.0 Å². The van der Waals surface area contributed by atoms with Crippen molar-refractivity contribution < 1.29 is 27.0 Å². The van der Waals surface area contributed by atoms with Crippen LogP contribution in [0.4, 0.5) is 23.2 Å². The van der Waals surface area contributed by atoms with Crippen molar-refractivity contribution in [2.45, 2.75) is 25.6 Å². The van der Waals surface area contributed by atoms with Gasteiger partial charge in [-0.3, -0.25) is 9.88 Å². The van der Waals surface area contributed by atoms with E-state index in [1.54, 1.807) is 24.5 Å². The Hall–Kier alpha value is -3.47. The van der Waals surface area contributed by atoms with Crippen LogP contribution in [-0.2, 0) is 6.61 Å². The maximum atomic E-state index is 14.5. The fourth-order valence-corrected chi connectivity index (χ4v) is 3.83. The van der Waals surface area contributed by atoms with Crippen molar-refractivity contribution in [2.24, 2.45) is 5.92 Å². The van der Waals surface area contributed by atoms with Crippen molar-refractivity contribution in [1.29, 1.82) is 0 Å². The Bertz CT molecular complexity index is 1120. The zero-order chi connectivity index (χ0) is 24.8. The predicted octanol–water partition coefficient (Wildman–Crippen LogP) is 4.49. The molecule has 2 N–H and O–H groups in total. The molecule has 4 rings (SSSR count). The quantitative estimate of drug-likeness (QED) is 0.465. The summed E-state index contributed by atoms with van der Waals surface area (Å²) in [5.74, 6) is -0.0284. The molecule has 1 aliphatic rings. The molecule has 0 bridgehead atoms. The van der Waals surface area contributed by atoms with Crippen molar-refractivity contribution in [2.75, 3.05) is 32.0 Å². The van der Waals surface area contributed by atoms with Crippen LogP contribution in [-0.4, -0.2) is 52.3 Å². The van der Waals surface area contributed by atoms with E-state index in [-0.39, 0.29) is 35.7 Å². The van der Waals surface area contributed by atoms with E-state index < -0.39 is 18.5 Å². The predicted molar refractivity (Wildman–Crippen MR) is 121 cm³/mol. The number of hydrogen-bond donors (Lipinski definition) is 1. The van der Waals surface area contributed by atoms with E-state index >= 15 is 0 Å². The molecule has 0 atom stereocenters. The van der Waals surface area contributed by atoms with Crippen molar-refractivity contribution in [3.63, 3.8) is 0 Å². The second kappa shape index (κ2) is 10.9. The monoisotopic (exact) mass is 491 g/mol. The highest BCUT2D eigenvalue weighted by molar-refractivity contribution is 5.66. The maximum Gasteiger partial charge on any atom is 0.401 e. The lowest BCUT2D eigenvalue weighted by molar-refractivity contribution is -0.148. The first-order chi connectivity index (χ1) is 16.8. The van der Waals surface area contributed by atoms with Crippen LogP contribution in [0.1, 0.15) is 18.4 Å². The molecule has 1 aliphatic heterocycles. The van der Waals surface area contributed by atoms with Crippen molar-refractivity contribution in [3.05, 3.63) is 60.3 Å². The van der Waals surface area contributed by atoms with Crippen LogP contribution in [0.5, 0.6) is 11.8 Å². The van der Waals surface area contributed by atoms with Gasteiger partial charge in [-0.2, -0.15) is 13.2 Å². The van der Waals surface area contributed by atoms with Gasteiger partial charge in [0.15, 0.2) is 0 Å². The van der Waals surface area contributed by atoms with Gasteiger partial charge in [0.1, 0.15) is 18.1 Å². The molecule has 1 fully saturated rings. The number of hydrogen-bond acceptors (Lipinski definition) is 7. The normalized spacial score (nSPS) is 15.2. The first-order valence-electron chi connectivity index (χ1n) is 11.1. The molecule has 3 aromatic rings. The molecule has 0 aliphatic carbocycles. The van der Waals surface area contributed by atoms with Crippen LogP contribution in [0, 0.1) is 11.7 Å². The zero-order valence-corrected chi connectivity index (χ0v) is 18.8. The standard InChI is InChI=1S/C24H25F4N5O2/c25-19-1-2-21(34-13-17-5-9-33(10-6-17)15-24(26,27)28)32-22(19)18-11-20(29)23(31-12-18)35-14-16-3-7-30-8-4-16/h1-4,7-8,11-12,17H,5-6,9-10,13-15,29H2. The third-order valence-electron chi connectivity index (χ3n) is 5.67. The van der Waals surface area contributed by atoms with E-state index in [1.807, 2.05) is 0 Å². The number of ether oxygens (including phenoxy) is 2. The first-order valence-corrected chi connectivity index (χ1v) is 11.1. The molecule has 0 aromatic carbocycles.